The second kappa shape index (κ2) is 5.88. The molecule has 102 valence electrons. The van der Waals surface area contributed by atoms with Crippen LogP contribution >= 0.6 is 15.9 Å². The Morgan fingerprint density at radius 3 is 3.16 bits per heavy atom. The van der Waals surface area contributed by atoms with Gasteiger partial charge in [0.25, 0.3) is 0 Å². The van der Waals surface area contributed by atoms with Crippen LogP contribution in [0.1, 0.15) is 19.3 Å². The van der Waals surface area contributed by atoms with Gasteiger partial charge in [-0.05, 0) is 53.2 Å². The summed E-state index contributed by atoms with van der Waals surface area (Å²) < 4.78 is 8.33. The second-order valence-corrected chi connectivity index (χ2v) is 5.80. The summed E-state index contributed by atoms with van der Waals surface area (Å²) in [6.45, 7) is 2.58. The van der Waals surface area contributed by atoms with Crippen molar-refractivity contribution in [3.63, 3.8) is 0 Å². The summed E-state index contributed by atoms with van der Waals surface area (Å²) in [5.41, 5.74) is 0.843. The molecular formula is C13H17BrN4O. The van der Waals surface area contributed by atoms with Crippen LogP contribution in [0.3, 0.4) is 0 Å². The smallest absolute Gasteiger partial charge is 0.243 e. The first-order valence-electron chi connectivity index (χ1n) is 6.65. The molecule has 1 N–H and O–H groups in total. The number of ether oxygens (including phenoxy) is 1. The molecule has 1 aliphatic rings. The summed E-state index contributed by atoms with van der Waals surface area (Å²) in [5.74, 6) is 1.51. The van der Waals surface area contributed by atoms with Gasteiger partial charge in [0.15, 0.2) is 5.65 Å². The van der Waals surface area contributed by atoms with E-state index < -0.39 is 0 Å². The molecule has 0 aliphatic heterocycles. The number of fused-ring (bicyclic) bond motifs is 1. The van der Waals surface area contributed by atoms with E-state index in [4.69, 9.17) is 4.74 Å². The third-order valence-corrected chi connectivity index (χ3v) is 3.56. The lowest BCUT2D eigenvalue weighted by Crippen LogP contribution is -2.07. The predicted octanol–water partition coefficient (Wildman–Crippen LogP) is 2.72. The van der Waals surface area contributed by atoms with Crippen molar-refractivity contribution in [1.82, 2.24) is 14.6 Å². The van der Waals surface area contributed by atoms with E-state index in [1.54, 1.807) is 4.52 Å². The van der Waals surface area contributed by atoms with Crippen LogP contribution < -0.4 is 5.32 Å². The lowest BCUT2D eigenvalue weighted by atomic mass is 10.4. The maximum atomic E-state index is 5.58. The average Bonchev–Trinajstić information content (AvgIpc) is 3.13. The first-order valence-corrected chi connectivity index (χ1v) is 7.44. The number of nitrogens with one attached hydrogen (secondary N) is 1. The molecule has 0 bridgehead atoms. The van der Waals surface area contributed by atoms with Gasteiger partial charge >= 0.3 is 0 Å². The van der Waals surface area contributed by atoms with E-state index >= 15 is 0 Å². The molecule has 19 heavy (non-hydrogen) atoms. The minimum atomic E-state index is 0.667. The Labute approximate surface area is 120 Å². The summed E-state index contributed by atoms with van der Waals surface area (Å²) in [5, 5.41) is 7.57. The highest BCUT2D eigenvalue weighted by Crippen LogP contribution is 2.28. The van der Waals surface area contributed by atoms with Crippen molar-refractivity contribution in [2.75, 3.05) is 25.1 Å². The minimum absolute atomic E-state index is 0.667. The van der Waals surface area contributed by atoms with Crippen LogP contribution in [0.2, 0.25) is 0 Å². The molecule has 0 amide bonds. The van der Waals surface area contributed by atoms with Gasteiger partial charge in [-0.1, -0.05) is 0 Å². The summed E-state index contributed by atoms with van der Waals surface area (Å²) in [6, 6.07) is 3.89. The summed E-state index contributed by atoms with van der Waals surface area (Å²) in [4.78, 5) is 4.39. The van der Waals surface area contributed by atoms with E-state index in [2.05, 4.69) is 31.3 Å². The van der Waals surface area contributed by atoms with Crippen LogP contribution in [0.4, 0.5) is 5.95 Å². The number of hydrogen-bond donors (Lipinski definition) is 1. The summed E-state index contributed by atoms with van der Waals surface area (Å²) in [6.07, 6.45) is 5.57. The van der Waals surface area contributed by atoms with Gasteiger partial charge < -0.3 is 10.1 Å². The molecule has 0 atom stereocenters. The Balaban J connectivity index is 1.42. The number of nitrogens with zero attached hydrogens (tertiary/aromatic N) is 3. The van der Waals surface area contributed by atoms with Crippen LogP contribution in [0.5, 0.6) is 0 Å². The lowest BCUT2D eigenvalue weighted by Gasteiger charge is -2.03. The zero-order valence-corrected chi connectivity index (χ0v) is 12.3. The van der Waals surface area contributed by atoms with Crippen LogP contribution in [0.15, 0.2) is 22.8 Å². The molecule has 0 saturated heterocycles. The molecule has 0 unspecified atom stereocenters. The van der Waals surface area contributed by atoms with E-state index in [9.17, 15) is 0 Å². The van der Waals surface area contributed by atoms with Crippen LogP contribution in [0.25, 0.3) is 5.65 Å². The van der Waals surface area contributed by atoms with Crippen molar-refractivity contribution in [2.24, 2.45) is 5.92 Å². The van der Waals surface area contributed by atoms with Gasteiger partial charge in [0.1, 0.15) is 0 Å². The van der Waals surface area contributed by atoms with E-state index in [0.717, 1.165) is 42.2 Å². The largest absolute Gasteiger partial charge is 0.381 e. The monoisotopic (exact) mass is 324 g/mol. The predicted molar refractivity (Wildman–Crippen MR) is 77.3 cm³/mol. The molecule has 1 saturated carbocycles. The molecule has 0 radical (unpaired) electrons. The number of anilines is 1. The molecule has 6 heteroatoms. The van der Waals surface area contributed by atoms with Crippen LogP contribution in [-0.2, 0) is 4.74 Å². The first kappa shape index (κ1) is 12.9. The fraction of sp³-hybridized carbons (Fsp3) is 0.538. The normalized spacial score (nSPS) is 15.0. The Morgan fingerprint density at radius 1 is 1.42 bits per heavy atom. The number of rotatable bonds is 7. The molecule has 3 rings (SSSR count). The molecule has 2 aromatic rings. The number of aromatic nitrogens is 3. The van der Waals surface area contributed by atoms with E-state index in [1.165, 1.54) is 12.8 Å². The van der Waals surface area contributed by atoms with Gasteiger partial charge in [0, 0.05) is 30.4 Å². The summed E-state index contributed by atoms with van der Waals surface area (Å²) in [7, 11) is 0. The zero-order chi connectivity index (χ0) is 13.1. The van der Waals surface area contributed by atoms with Gasteiger partial charge in [-0.2, -0.15) is 4.98 Å². The van der Waals surface area contributed by atoms with Crippen molar-refractivity contribution in [3.05, 3.63) is 22.8 Å². The second-order valence-electron chi connectivity index (χ2n) is 4.88. The maximum absolute atomic E-state index is 5.58. The Morgan fingerprint density at radius 2 is 2.32 bits per heavy atom. The average molecular weight is 325 g/mol. The van der Waals surface area contributed by atoms with Crippen molar-refractivity contribution in [1.29, 1.82) is 0 Å². The zero-order valence-electron chi connectivity index (χ0n) is 10.7. The first-order chi connectivity index (χ1) is 9.31. The molecular weight excluding hydrogens is 308 g/mol. The fourth-order valence-corrected chi connectivity index (χ4v) is 2.17. The quantitative estimate of drug-likeness (QED) is 0.795. The van der Waals surface area contributed by atoms with Gasteiger partial charge in [-0.3, -0.25) is 0 Å². The van der Waals surface area contributed by atoms with Gasteiger partial charge in [-0.25, -0.2) is 4.52 Å². The van der Waals surface area contributed by atoms with Gasteiger partial charge in [0.2, 0.25) is 5.95 Å². The molecule has 1 fully saturated rings. The number of hydrogen-bond acceptors (Lipinski definition) is 4. The van der Waals surface area contributed by atoms with Gasteiger partial charge in [-0.15, -0.1) is 5.10 Å². The van der Waals surface area contributed by atoms with E-state index in [-0.39, 0.29) is 0 Å². The topological polar surface area (TPSA) is 51.5 Å². The van der Waals surface area contributed by atoms with Gasteiger partial charge in [0.05, 0.1) is 0 Å². The molecule has 2 heterocycles. The minimum Gasteiger partial charge on any atom is -0.381 e. The third kappa shape index (κ3) is 3.67. The Kier molecular flexibility index (Phi) is 3.98. The standard InChI is InChI=1S/C13H17BrN4O/c14-11-4-5-12-16-13(17-18(12)8-11)15-6-1-7-19-9-10-2-3-10/h4-5,8,10H,1-3,6-7,9H2,(H,15,17). The molecule has 0 aromatic carbocycles. The molecule has 1 aliphatic carbocycles. The highest BCUT2D eigenvalue weighted by atomic mass is 79.9. The SMILES string of the molecule is Brc1ccc2nc(NCCCOCC3CC3)nn2c1. The summed E-state index contributed by atoms with van der Waals surface area (Å²) >= 11 is 3.41. The Hall–Kier alpha value is -1.14. The molecule has 5 nitrogen and oxygen atoms in total. The van der Waals surface area contributed by atoms with Crippen molar-refractivity contribution >= 4 is 27.5 Å². The van der Waals surface area contributed by atoms with Crippen LogP contribution in [0, 0.1) is 5.92 Å². The lowest BCUT2D eigenvalue weighted by molar-refractivity contribution is 0.124. The highest BCUT2D eigenvalue weighted by Gasteiger charge is 2.20. The fourth-order valence-electron chi connectivity index (χ4n) is 1.84. The number of pyridine rings is 1. The maximum Gasteiger partial charge on any atom is 0.243 e. The third-order valence-electron chi connectivity index (χ3n) is 3.09. The van der Waals surface area contributed by atoms with Crippen LogP contribution in [-0.4, -0.2) is 34.4 Å². The molecule has 0 spiro atoms. The highest BCUT2D eigenvalue weighted by molar-refractivity contribution is 9.10. The number of halogens is 1. The van der Waals surface area contributed by atoms with E-state index in [1.807, 2.05) is 18.3 Å². The Bertz CT molecular complexity index is 553. The molecule has 2 aromatic heterocycles. The van der Waals surface area contributed by atoms with Crippen molar-refractivity contribution in [2.45, 2.75) is 19.3 Å². The van der Waals surface area contributed by atoms with E-state index in [0.29, 0.717) is 5.95 Å². The van der Waals surface area contributed by atoms with Crippen molar-refractivity contribution < 1.29 is 4.74 Å². The van der Waals surface area contributed by atoms with Crippen molar-refractivity contribution in [3.8, 4) is 0 Å².